The number of nitrogens with zero attached hydrogens (tertiary/aromatic N) is 2. The molecule has 0 aromatic carbocycles. The van der Waals surface area contributed by atoms with Crippen molar-refractivity contribution >= 4 is 15.9 Å². The Bertz CT molecular complexity index is 258. The van der Waals surface area contributed by atoms with Crippen LogP contribution in [0, 0.1) is 0 Å². The van der Waals surface area contributed by atoms with Gasteiger partial charge in [-0.05, 0) is 19.8 Å². The van der Waals surface area contributed by atoms with Crippen molar-refractivity contribution in [3.05, 3.63) is 18.2 Å². The van der Waals surface area contributed by atoms with Gasteiger partial charge in [0.15, 0.2) is 0 Å². The third kappa shape index (κ3) is 3.45. The maximum atomic E-state index is 4.36. The molecule has 1 atom stereocenters. The van der Waals surface area contributed by atoms with Crippen LogP contribution in [0.5, 0.6) is 0 Å². The molecule has 0 aliphatic rings. The molecule has 0 N–H and O–H groups in total. The van der Waals surface area contributed by atoms with Crippen molar-refractivity contribution in [1.82, 2.24) is 9.55 Å². The highest BCUT2D eigenvalue weighted by Gasteiger charge is 2.06. The highest BCUT2D eigenvalue weighted by Crippen LogP contribution is 2.14. The summed E-state index contributed by atoms with van der Waals surface area (Å²) in [6.45, 7) is 5.40. The van der Waals surface area contributed by atoms with E-state index >= 15 is 0 Å². The molecule has 80 valence electrons. The summed E-state index contributed by atoms with van der Waals surface area (Å²) in [5.41, 5.74) is 0. The smallest absolute Gasteiger partial charge is 0.108 e. The highest BCUT2D eigenvalue weighted by atomic mass is 79.9. The first-order valence-electron chi connectivity index (χ1n) is 5.42. The van der Waals surface area contributed by atoms with E-state index in [4.69, 9.17) is 0 Å². The van der Waals surface area contributed by atoms with Crippen molar-refractivity contribution in [3.63, 3.8) is 0 Å². The standard InChI is InChI=1S/C11H19BrN2/c1-3-5-10(12)6-7-11-13-8-9-14(11)4-2/h8-10H,3-7H2,1-2H3. The van der Waals surface area contributed by atoms with Crippen LogP contribution in [0.2, 0.25) is 0 Å². The summed E-state index contributed by atoms with van der Waals surface area (Å²) in [6, 6.07) is 0. The van der Waals surface area contributed by atoms with Gasteiger partial charge in [0.05, 0.1) is 0 Å². The molecule has 1 aromatic heterocycles. The zero-order valence-corrected chi connectivity index (χ0v) is 10.6. The Morgan fingerprint density at radius 1 is 1.43 bits per heavy atom. The summed E-state index contributed by atoms with van der Waals surface area (Å²) < 4.78 is 2.21. The number of imidazole rings is 1. The third-order valence-corrected chi connectivity index (χ3v) is 3.34. The van der Waals surface area contributed by atoms with Crippen molar-refractivity contribution in [2.24, 2.45) is 0 Å². The van der Waals surface area contributed by atoms with E-state index in [0.717, 1.165) is 13.0 Å². The van der Waals surface area contributed by atoms with Crippen LogP contribution in [0.15, 0.2) is 12.4 Å². The van der Waals surface area contributed by atoms with Gasteiger partial charge in [0, 0.05) is 30.2 Å². The Morgan fingerprint density at radius 2 is 2.21 bits per heavy atom. The minimum atomic E-state index is 0.648. The van der Waals surface area contributed by atoms with Gasteiger partial charge in [-0.25, -0.2) is 4.98 Å². The number of alkyl halides is 1. The maximum Gasteiger partial charge on any atom is 0.108 e. The molecule has 0 bridgehead atoms. The number of halogens is 1. The fourth-order valence-electron chi connectivity index (χ4n) is 1.60. The van der Waals surface area contributed by atoms with Crippen molar-refractivity contribution in [3.8, 4) is 0 Å². The van der Waals surface area contributed by atoms with Gasteiger partial charge >= 0.3 is 0 Å². The predicted octanol–water partition coefficient (Wildman–Crippen LogP) is 3.40. The van der Waals surface area contributed by atoms with Crippen molar-refractivity contribution in [2.75, 3.05) is 0 Å². The molecule has 0 amide bonds. The van der Waals surface area contributed by atoms with E-state index < -0.39 is 0 Å². The molecule has 1 aromatic rings. The van der Waals surface area contributed by atoms with Gasteiger partial charge in [0.2, 0.25) is 0 Å². The highest BCUT2D eigenvalue weighted by molar-refractivity contribution is 9.09. The summed E-state index contributed by atoms with van der Waals surface area (Å²) in [5.74, 6) is 1.22. The van der Waals surface area contributed by atoms with E-state index in [2.05, 4.69) is 45.5 Å². The molecular weight excluding hydrogens is 240 g/mol. The van der Waals surface area contributed by atoms with Crippen molar-refractivity contribution < 1.29 is 0 Å². The molecule has 1 heterocycles. The van der Waals surface area contributed by atoms with E-state index in [1.807, 2.05) is 6.20 Å². The Hall–Kier alpha value is -0.310. The molecule has 0 aliphatic carbocycles. The van der Waals surface area contributed by atoms with Crippen LogP contribution in [0.1, 0.15) is 38.9 Å². The van der Waals surface area contributed by atoms with Gasteiger partial charge in [-0.2, -0.15) is 0 Å². The second-order valence-electron chi connectivity index (χ2n) is 3.55. The lowest BCUT2D eigenvalue weighted by atomic mass is 10.1. The van der Waals surface area contributed by atoms with Gasteiger partial charge in [-0.1, -0.05) is 29.3 Å². The van der Waals surface area contributed by atoms with Crippen LogP contribution in [0.3, 0.4) is 0 Å². The van der Waals surface area contributed by atoms with Gasteiger partial charge in [0.1, 0.15) is 5.82 Å². The van der Waals surface area contributed by atoms with Gasteiger partial charge in [-0.15, -0.1) is 0 Å². The Kier molecular flexibility index (Phi) is 5.23. The first kappa shape index (κ1) is 11.8. The van der Waals surface area contributed by atoms with Crippen LogP contribution in [0.25, 0.3) is 0 Å². The van der Waals surface area contributed by atoms with Gasteiger partial charge in [0.25, 0.3) is 0 Å². The van der Waals surface area contributed by atoms with Gasteiger partial charge < -0.3 is 4.57 Å². The SMILES string of the molecule is CCCC(Br)CCc1nccn1CC. The van der Waals surface area contributed by atoms with Crippen LogP contribution < -0.4 is 0 Å². The molecule has 2 nitrogen and oxygen atoms in total. The van der Waals surface area contributed by atoms with Crippen LogP contribution in [-0.2, 0) is 13.0 Å². The molecule has 0 radical (unpaired) electrons. The normalized spacial score (nSPS) is 13.1. The lowest BCUT2D eigenvalue weighted by Crippen LogP contribution is -2.05. The number of aromatic nitrogens is 2. The largest absolute Gasteiger partial charge is 0.335 e. The Labute approximate surface area is 94.9 Å². The Morgan fingerprint density at radius 3 is 2.86 bits per heavy atom. The van der Waals surface area contributed by atoms with E-state index in [-0.39, 0.29) is 0 Å². The summed E-state index contributed by atoms with van der Waals surface area (Å²) in [6.07, 6.45) is 8.72. The zero-order valence-electron chi connectivity index (χ0n) is 9.04. The summed E-state index contributed by atoms with van der Waals surface area (Å²) in [7, 11) is 0. The average molecular weight is 259 g/mol. The average Bonchev–Trinajstić information content (AvgIpc) is 2.62. The molecule has 0 spiro atoms. The molecule has 14 heavy (non-hydrogen) atoms. The molecule has 3 heteroatoms. The monoisotopic (exact) mass is 258 g/mol. The van der Waals surface area contributed by atoms with E-state index in [0.29, 0.717) is 4.83 Å². The molecule has 1 unspecified atom stereocenters. The summed E-state index contributed by atoms with van der Waals surface area (Å²) >= 11 is 3.69. The number of hydrogen-bond acceptors (Lipinski definition) is 1. The van der Waals surface area contributed by atoms with E-state index in [9.17, 15) is 0 Å². The van der Waals surface area contributed by atoms with E-state index in [1.165, 1.54) is 25.1 Å². The van der Waals surface area contributed by atoms with E-state index in [1.54, 1.807) is 0 Å². The first-order chi connectivity index (χ1) is 6.77. The second kappa shape index (κ2) is 6.23. The van der Waals surface area contributed by atoms with Crippen molar-refractivity contribution in [2.45, 2.75) is 50.9 Å². The lowest BCUT2D eigenvalue weighted by molar-refractivity contribution is 0.636. The topological polar surface area (TPSA) is 17.8 Å². The lowest BCUT2D eigenvalue weighted by Gasteiger charge is -2.08. The summed E-state index contributed by atoms with van der Waals surface area (Å²) in [4.78, 5) is 5.01. The predicted molar refractivity (Wildman–Crippen MR) is 63.8 cm³/mol. The molecule has 1 rings (SSSR count). The van der Waals surface area contributed by atoms with Crippen LogP contribution in [-0.4, -0.2) is 14.4 Å². The minimum Gasteiger partial charge on any atom is -0.335 e. The fraction of sp³-hybridized carbons (Fsp3) is 0.727. The first-order valence-corrected chi connectivity index (χ1v) is 6.33. The second-order valence-corrected chi connectivity index (χ2v) is 4.85. The summed E-state index contributed by atoms with van der Waals surface area (Å²) in [5, 5.41) is 0. The number of hydrogen-bond donors (Lipinski definition) is 0. The van der Waals surface area contributed by atoms with Crippen molar-refractivity contribution in [1.29, 1.82) is 0 Å². The molecule has 0 aliphatic heterocycles. The fourth-order valence-corrected chi connectivity index (χ4v) is 2.29. The third-order valence-electron chi connectivity index (χ3n) is 2.43. The molecule has 0 saturated carbocycles. The molecule has 0 saturated heterocycles. The number of aryl methyl sites for hydroxylation is 2. The Balaban J connectivity index is 2.37. The van der Waals surface area contributed by atoms with Crippen LogP contribution >= 0.6 is 15.9 Å². The maximum absolute atomic E-state index is 4.36. The quantitative estimate of drug-likeness (QED) is 0.716. The zero-order chi connectivity index (χ0) is 10.4. The van der Waals surface area contributed by atoms with Crippen LogP contribution in [0.4, 0.5) is 0 Å². The minimum absolute atomic E-state index is 0.648. The van der Waals surface area contributed by atoms with Gasteiger partial charge in [-0.3, -0.25) is 0 Å². The molecule has 0 fully saturated rings. The number of rotatable bonds is 6. The molecular formula is C11H19BrN2.